The van der Waals surface area contributed by atoms with Crippen LogP contribution < -0.4 is 10.5 Å². The summed E-state index contributed by atoms with van der Waals surface area (Å²) >= 11 is 5.94. The van der Waals surface area contributed by atoms with Crippen molar-refractivity contribution in [2.75, 3.05) is 0 Å². The third-order valence-electron chi connectivity index (χ3n) is 3.10. The van der Waals surface area contributed by atoms with E-state index in [1.54, 1.807) is 13.0 Å². The van der Waals surface area contributed by atoms with Gasteiger partial charge in [0.1, 0.15) is 11.5 Å². The van der Waals surface area contributed by atoms with Crippen LogP contribution in [0.5, 0.6) is 11.5 Å². The van der Waals surface area contributed by atoms with E-state index in [0.29, 0.717) is 21.7 Å². The quantitative estimate of drug-likeness (QED) is 0.824. The highest BCUT2D eigenvalue weighted by molar-refractivity contribution is 6.30. The summed E-state index contributed by atoms with van der Waals surface area (Å²) in [6.45, 7) is 1.68. The number of nitrogens with two attached hydrogens (primary N) is 1. The number of phenolic OH excluding ortho intramolecular Hbond substituents is 1. The van der Waals surface area contributed by atoms with E-state index in [0.717, 1.165) is 12.1 Å². The molecule has 126 valence electrons. The molecule has 0 saturated carbocycles. The van der Waals surface area contributed by atoms with Crippen molar-refractivity contribution in [3.63, 3.8) is 0 Å². The van der Waals surface area contributed by atoms with Gasteiger partial charge in [0.25, 0.3) is 0 Å². The van der Waals surface area contributed by atoms with Crippen LogP contribution in [0.25, 0.3) is 0 Å². The molecule has 0 aliphatic rings. The average Bonchev–Trinajstić information content (AvgIpc) is 2.41. The Morgan fingerprint density at radius 2 is 1.74 bits per heavy atom. The fourth-order valence-electron chi connectivity index (χ4n) is 2.05. The van der Waals surface area contributed by atoms with Gasteiger partial charge in [0, 0.05) is 10.6 Å². The van der Waals surface area contributed by atoms with Crippen molar-refractivity contribution in [3.05, 3.63) is 58.1 Å². The lowest BCUT2D eigenvalue weighted by Gasteiger charge is -2.17. The van der Waals surface area contributed by atoms with Crippen molar-refractivity contribution in [1.29, 1.82) is 0 Å². The SMILES string of the molecule is Cc1cc(Cl)cc([C@@H](N)c2ccc(OC(F)(F)F)cc2)c1O.Cl. The number of benzene rings is 2. The zero-order valence-electron chi connectivity index (χ0n) is 11.9. The lowest BCUT2D eigenvalue weighted by Crippen LogP contribution is -2.17. The van der Waals surface area contributed by atoms with Gasteiger partial charge in [-0.15, -0.1) is 25.6 Å². The highest BCUT2D eigenvalue weighted by atomic mass is 35.5. The molecule has 0 unspecified atom stereocenters. The molecule has 0 fully saturated rings. The largest absolute Gasteiger partial charge is 0.573 e. The van der Waals surface area contributed by atoms with Crippen LogP contribution in [-0.4, -0.2) is 11.5 Å². The fourth-order valence-corrected chi connectivity index (χ4v) is 2.34. The Hall–Kier alpha value is -1.63. The van der Waals surface area contributed by atoms with Gasteiger partial charge in [0.15, 0.2) is 0 Å². The predicted octanol–water partition coefficient (Wildman–Crippen LogP) is 4.72. The maximum Gasteiger partial charge on any atom is 0.573 e. The Bertz CT molecular complexity index is 676. The number of aromatic hydroxyl groups is 1. The summed E-state index contributed by atoms with van der Waals surface area (Å²) in [6.07, 6.45) is -4.74. The molecule has 8 heteroatoms. The molecule has 23 heavy (non-hydrogen) atoms. The van der Waals surface area contributed by atoms with Gasteiger partial charge in [-0.05, 0) is 42.3 Å². The maximum atomic E-state index is 12.1. The molecule has 0 amide bonds. The van der Waals surface area contributed by atoms with Crippen molar-refractivity contribution in [1.82, 2.24) is 0 Å². The smallest absolute Gasteiger partial charge is 0.507 e. The van der Waals surface area contributed by atoms with E-state index < -0.39 is 12.4 Å². The van der Waals surface area contributed by atoms with Crippen LogP contribution in [0, 0.1) is 6.92 Å². The van der Waals surface area contributed by atoms with Gasteiger partial charge in [0.05, 0.1) is 6.04 Å². The molecule has 0 bridgehead atoms. The minimum atomic E-state index is -4.74. The third-order valence-corrected chi connectivity index (χ3v) is 3.32. The average molecular weight is 368 g/mol. The van der Waals surface area contributed by atoms with E-state index >= 15 is 0 Å². The van der Waals surface area contributed by atoms with Crippen LogP contribution in [0.3, 0.4) is 0 Å². The first-order chi connectivity index (χ1) is 10.2. The third kappa shape index (κ3) is 4.92. The lowest BCUT2D eigenvalue weighted by atomic mass is 9.97. The second-order valence-electron chi connectivity index (χ2n) is 4.76. The zero-order chi connectivity index (χ0) is 16.5. The van der Waals surface area contributed by atoms with E-state index in [9.17, 15) is 18.3 Å². The van der Waals surface area contributed by atoms with Crippen molar-refractivity contribution in [3.8, 4) is 11.5 Å². The van der Waals surface area contributed by atoms with Crippen molar-refractivity contribution in [2.24, 2.45) is 5.73 Å². The number of rotatable bonds is 3. The summed E-state index contributed by atoms with van der Waals surface area (Å²) in [7, 11) is 0. The Kier molecular flexibility index (Phi) is 6.16. The molecule has 0 heterocycles. The standard InChI is InChI=1S/C15H13ClF3NO2.ClH/c1-8-6-10(16)7-12(14(8)21)13(20)9-2-4-11(5-3-9)22-15(17,18)19;/h2-7,13,21H,20H2,1H3;1H/t13-;/m0./s1. The number of hydrogen-bond donors (Lipinski definition) is 2. The number of halogens is 5. The highest BCUT2D eigenvalue weighted by Crippen LogP contribution is 2.34. The van der Waals surface area contributed by atoms with Gasteiger partial charge in [-0.1, -0.05) is 23.7 Å². The number of ether oxygens (including phenoxy) is 1. The Morgan fingerprint density at radius 3 is 2.26 bits per heavy atom. The summed E-state index contributed by atoms with van der Waals surface area (Å²) in [6, 6.07) is 7.52. The summed E-state index contributed by atoms with van der Waals surface area (Å²) in [5.41, 5.74) is 7.53. The molecule has 0 spiro atoms. The van der Waals surface area contributed by atoms with Gasteiger partial charge < -0.3 is 15.6 Å². The minimum Gasteiger partial charge on any atom is -0.507 e. The van der Waals surface area contributed by atoms with Crippen LogP contribution in [-0.2, 0) is 0 Å². The first kappa shape index (κ1) is 19.4. The number of hydrogen-bond acceptors (Lipinski definition) is 3. The first-order valence-corrected chi connectivity index (χ1v) is 6.65. The van der Waals surface area contributed by atoms with Crippen molar-refractivity contribution < 1.29 is 23.0 Å². The summed E-state index contributed by atoms with van der Waals surface area (Å²) in [5.74, 6) is -0.331. The molecule has 0 aliphatic carbocycles. The molecule has 2 rings (SSSR count). The van der Waals surface area contributed by atoms with Gasteiger partial charge in [0.2, 0.25) is 0 Å². The molecule has 1 atom stereocenters. The van der Waals surface area contributed by atoms with E-state index in [-0.39, 0.29) is 23.9 Å². The van der Waals surface area contributed by atoms with Crippen LogP contribution in [0.2, 0.25) is 5.02 Å². The van der Waals surface area contributed by atoms with Gasteiger partial charge >= 0.3 is 6.36 Å². The zero-order valence-corrected chi connectivity index (χ0v) is 13.5. The Morgan fingerprint density at radius 1 is 1.17 bits per heavy atom. The highest BCUT2D eigenvalue weighted by Gasteiger charge is 2.31. The normalized spacial score (nSPS) is 12.4. The van der Waals surface area contributed by atoms with Crippen LogP contribution >= 0.6 is 24.0 Å². The molecule has 2 aromatic rings. The van der Waals surface area contributed by atoms with E-state index in [2.05, 4.69) is 4.74 Å². The first-order valence-electron chi connectivity index (χ1n) is 6.27. The molecule has 3 nitrogen and oxygen atoms in total. The number of aryl methyl sites for hydroxylation is 1. The molecule has 0 aliphatic heterocycles. The van der Waals surface area contributed by atoms with Crippen LogP contribution in [0.1, 0.15) is 22.7 Å². The molecule has 2 aromatic carbocycles. The molecule has 0 saturated heterocycles. The molecular weight excluding hydrogens is 354 g/mol. The van der Waals surface area contributed by atoms with Crippen LogP contribution in [0.15, 0.2) is 36.4 Å². The maximum absolute atomic E-state index is 12.1. The molecule has 3 N–H and O–H groups in total. The van der Waals surface area contributed by atoms with Crippen molar-refractivity contribution in [2.45, 2.75) is 19.3 Å². The van der Waals surface area contributed by atoms with Gasteiger partial charge in [-0.3, -0.25) is 0 Å². The van der Waals surface area contributed by atoms with Gasteiger partial charge in [-0.2, -0.15) is 0 Å². The second kappa shape index (κ2) is 7.29. The summed E-state index contributed by atoms with van der Waals surface area (Å²) in [5, 5.41) is 10.5. The Labute approximate surface area is 142 Å². The summed E-state index contributed by atoms with van der Waals surface area (Å²) < 4.78 is 40.1. The predicted molar refractivity (Wildman–Crippen MR) is 84.3 cm³/mol. The minimum absolute atomic E-state index is 0. The number of alkyl halides is 3. The monoisotopic (exact) mass is 367 g/mol. The van der Waals surface area contributed by atoms with E-state index in [1.807, 2.05) is 0 Å². The number of phenols is 1. The van der Waals surface area contributed by atoms with E-state index in [1.165, 1.54) is 18.2 Å². The topological polar surface area (TPSA) is 55.5 Å². The Balaban J connectivity index is 0.00000264. The van der Waals surface area contributed by atoms with Crippen LogP contribution in [0.4, 0.5) is 13.2 Å². The molecular formula is C15H14Cl2F3NO2. The lowest BCUT2D eigenvalue weighted by molar-refractivity contribution is -0.274. The van der Waals surface area contributed by atoms with E-state index in [4.69, 9.17) is 17.3 Å². The second-order valence-corrected chi connectivity index (χ2v) is 5.19. The molecule has 0 radical (unpaired) electrons. The van der Waals surface area contributed by atoms with Gasteiger partial charge in [-0.25, -0.2) is 0 Å². The van der Waals surface area contributed by atoms with Crippen molar-refractivity contribution >= 4 is 24.0 Å². The molecule has 0 aromatic heterocycles. The fraction of sp³-hybridized carbons (Fsp3) is 0.200. The summed E-state index contributed by atoms with van der Waals surface area (Å²) in [4.78, 5) is 0.